The van der Waals surface area contributed by atoms with E-state index in [2.05, 4.69) is 4.43 Å². The van der Waals surface area contributed by atoms with Gasteiger partial charge in [0.1, 0.15) is 0 Å². The molecular weight excluding hydrogens is 192 g/mol. The van der Waals surface area contributed by atoms with Gasteiger partial charge in [-0.2, -0.15) is 0 Å². The highest BCUT2D eigenvalue weighted by Crippen LogP contribution is 2.35. The van der Waals surface area contributed by atoms with E-state index < -0.39 is 23.2 Å². The van der Waals surface area contributed by atoms with Crippen LogP contribution in [0.5, 0.6) is 17.2 Å². The van der Waals surface area contributed by atoms with E-state index in [9.17, 15) is 4.79 Å². The van der Waals surface area contributed by atoms with Gasteiger partial charge in [0.25, 0.3) is 0 Å². The first-order chi connectivity index (χ1) is 6.06. The Balaban J connectivity index is 3.20. The SMILES string of the molecule is O=C(O[SiH3])c1cc(O)c(O)c(O)c1. The van der Waals surface area contributed by atoms with Crippen LogP contribution in [0.25, 0.3) is 0 Å². The standard InChI is InChI=1S/C7H8O5Si/c8-4-1-3(7(11)12-13)2-5(9)6(4)10/h1-2,8-10H,13H3. The Morgan fingerprint density at radius 1 is 1.23 bits per heavy atom. The third-order valence-corrected chi connectivity index (χ3v) is 1.86. The molecule has 6 heteroatoms. The minimum atomic E-state index is -0.648. The Hall–Kier alpha value is -1.69. The first-order valence-electron chi connectivity index (χ1n) is 3.39. The largest absolute Gasteiger partial charge is 0.525 e. The summed E-state index contributed by atoms with van der Waals surface area (Å²) in [4.78, 5) is 10.9. The van der Waals surface area contributed by atoms with Crippen molar-refractivity contribution in [3.05, 3.63) is 17.7 Å². The maximum Gasteiger partial charge on any atom is 0.324 e. The average molecular weight is 200 g/mol. The third-order valence-electron chi connectivity index (χ3n) is 1.49. The van der Waals surface area contributed by atoms with E-state index in [0.29, 0.717) is 0 Å². The summed E-state index contributed by atoms with van der Waals surface area (Å²) in [5, 5.41) is 27.0. The molecule has 3 N–H and O–H groups in total. The van der Waals surface area contributed by atoms with Gasteiger partial charge in [-0.1, -0.05) is 0 Å². The highest BCUT2D eigenvalue weighted by molar-refractivity contribution is 6.09. The van der Waals surface area contributed by atoms with Crippen molar-refractivity contribution in [1.82, 2.24) is 0 Å². The van der Waals surface area contributed by atoms with Gasteiger partial charge in [-0.3, -0.25) is 0 Å². The minimum absolute atomic E-state index is 0.00259. The summed E-state index contributed by atoms with van der Waals surface area (Å²) < 4.78 is 4.48. The topological polar surface area (TPSA) is 87.0 Å². The molecule has 0 fully saturated rings. The molecule has 0 heterocycles. The number of carbonyl (C=O) groups is 1. The molecule has 0 aromatic heterocycles. The highest BCUT2D eigenvalue weighted by atomic mass is 28.2. The Morgan fingerprint density at radius 3 is 2.08 bits per heavy atom. The van der Waals surface area contributed by atoms with Gasteiger partial charge < -0.3 is 19.7 Å². The van der Waals surface area contributed by atoms with E-state index >= 15 is 0 Å². The van der Waals surface area contributed by atoms with E-state index in [-0.39, 0.29) is 16.0 Å². The summed E-state index contributed by atoms with van der Waals surface area (Å²) in [7, 11) is 0.226. The van der Waals surface area contributed by atoms with Crippen molar-refractivity contribution >= 4 is 16.5 Å². The molecule has 13 heavy (non-hydrogen) atoms. The maximum absolute atomic E-state index is 10.9. The summed E-state index contributed by atoms with van der Waals surface area (Å²) in [5.41, 5.74) is 0.00259. The van der Waals surface area contributed by atoms with Gasteiger partial charge in [0.15, 0.2) is 17.2 Å². The van der Waals surface area contributed by atoms with E-state index in [1.54, 1.807) is 0 Å². The summed E-state index contributed by atoms with van der Waals surface area (Å²) in [5.74, 6) is -2.40. The minimum Gasteiger partial charge on any atom is -0.525 e. The van der Waals surface area contributed by atoms with Crippen LogP contribution >= 0.6 is 0 Å². The predicted molar refractivity (Wildman–Crippen MR) is 46.8 cm³/mol. The lowest BCUT2D eigenvalue weighted by Gasteiger charge is -2.03. The van der Waals surface area contributed by atoms with Crippen molar-refractivity contribution in [2.45, 2.75) is 0 Å². The first kappa shape index (κ1) is 9.40. The van der Waals surface area contributed by atoms with Crippen LogP contribution in [-0.4, -0.2) is 31.8 Å². The summed E-state index contributed by atoms with van der Waals surface area (Å²) >= 11 is 0. The van der Waals surface area contributed by atoms with Gasteiger partial charge in [0.05, 0.1) is 5.56 Å². The van der Waals surface area contributed by atoms with Crippen LogP contribution in [0.2, 0.25) is 0 Å². The van der Waals surface area contributed by atoms with Crippen LogP contribution in [0.1, 0.15) is 10.4 Å². The molecule has 1 aromatic rings. The lowest BCUT2D eigenvalue weighted by Crippen LogP contribution is -2.01. The second-order valence-corrected chi connectivity index (χ2v) is 2.76. The third kappa shape index (κ3) is 1.72. The molecule has 0 aliphatic carbocycles. The second kappa shape index (κ2) is 3.36. The van der Waals surface area contributed by atoms with E-state index in [1.165, 1.54) is 0 Å². The Bertz CT molecular complexity index is 326. The monoisotopic (exact) mass is 200 g/mol. The Kier molecular flexibility index (Phi) is 2.43. The summed E-state index contributed by atoms with van der Waals surface area (Å²) in [6.45, 7) is 0. The van der Waals surface area contributed by atoms with Crippen molar-refractivity contribution in [2.75, 3.05) is 0 Å². The molecule has 0 aliphatic heterocycles. The molecule has 0 atom stereocenters. The molecule has 0 bridgehead atoms. The zero-order valence-corrected chi connectivity index (χ0v) is 8.81. The van der Waals surface area contributed by atoms with Crippen LogP contribution in [0.3, 0.4) is 0 Å². The molecule has 1 aromatic carbocycles. The number of hydrogen-bond acceptors (Lipinski definition) is 5. The van der Waals surface area contributed by atoms with Crippen molar-refractivity contribution in [2.24, 2.45) is 0 Å². The zero-order chi connectivity index (χ0) is 10.0. The number of phenols is 3. The highest BCUT2D eigenvalue weighted by Gasteiger charge is 2.12. The van der Waals surface area contributed by atoms with Crippen LogP contribution in [-0.2, 0) is 4.43 Å². The number of rotatable bonds is 1. The van der Waals surface area contributed by atoms with E-state index in [0.717, 1.165) is 12.1 Å². The van der Waals surface area contributed by atoms with Gasteiger partial charge >= 0.3 is 5.97 Å². The van der Waals surface area contributed by atoms with Gasteiger partial charge in [-0.05, 0) is 12.1 Å². The van der Waals surface area contributed by atoms with Gasteiger partial charge in [-0.15, -0.1) is 0 Å². The van der Waals surface area contributed by atoms with Gasteiger partial charge in [0, 0.05) is 0 Å². The van der Waals surface area contributed by atoms with Crippen molar-refractivity contribution in [3.63, 3.8) is 0 Å². The fourth-order valence-corrected chi connectivity index (χ4v) is 1.08. The number of hydrogen-bond donors (Lipinski definition) is 3. The van der Waals surface area contributed by atoms with Crippen molar-refractivity contribution < 1.29 is 24.5 Å². The Labute approximate surface area is 76.7 Å². The number of phenolic OH excluding ortho intramolecular Hbond substituents is 3. The molecule has 1 rings (SSSR count). The predicted octanol–water partition coefficient (Wildman–Crippen LogP) is -0.759. The summed E-state index contributed by atoms with van der Waals surface area (Å²) in [6, 6.07) is 2.05. The fourth-order valence-electron chi connectivity index (χ4n) is 0.840. The van der Waals surface area contributed by atoms with Crippen LogP contribution < -0.4 is 0 Å². The zero-order valence-electron chi connectivity index (χ0n) is 6.81. The molecule has 70 valence electrons. The van der Waals surface area contributed by atoms with Crippen molar-refractivity contribution in [1.29, 1.82) is 0 Å². The first-order valence-corrected chi connectivity index (χ1v) is 4.21. The average Bonchev–Trinajstić information content (AvgIpc) is 2.12. The number of carbonyl (C=O) groups excluding carboxylic acids is 1. The van der Waals surface area contributed by atoms with Gasteiger partial charge in [-0.25, -0.2) is 4.79 Å². The quantitative estimate of drug-likeness (QED) is 0.410. The van der Waals surface area contributed by atoms with Crippen molar-refractivity contribution in [3.8, 4) is 17.2 Å². The van der Waals surface area contributed by atoms with Crippen LogP contribution in [0, 0.1) is 0 Å². The van der Waals surface area contributed by atoms with Crippen LogP contribution in [0.4, 0.5) is 0 Å². The Morgan fingerprint density at radius 2 is 1.69 bits per heavy atom. The number of benzene rings is 1. The lowest BCUT2D eigenvalue weighted by atomic mass is 10.2. The second-order valence-electron chi connectivity index (χ2n) is 2.35. The van der Waals surface area contributed by atoms with Gasteiger partial charge in [0.2, 0.25) is 10.5 Å². The smallest absolute Gasteiger partial charge is 0.324 e. The normalized spacial score (nSPS) is 9.85. The maximum atomic E-state index is 10.9. The molecule has 0 unspecified atom stereocenters. The van der Waals surface area contributed by atoms with E-state index in [1.807, 2.05) is 0 Å². The lowest BCUT2D eigenvalue weighted by molar-refractivity contribution is 0.0748. The molecule has 0 amide bonds. The molecular formula is C7H8O5Si. The molecule has 0 saturated carbocycles. The molecule has 0 radical (unpaired) electrons. The molecule has 5 nitrogen and oxygen atoms in total. The number of aromatic hydroxyl groups is 3. The van der Waals surface area contributed by atoms with Crippen LogP contribution in [0.15, 0.2) is 12.1 Å². The molecule has 0 aliphatic rings. The molecule has 0 spiro atoms. The summed E-state index contributed by atoms with van der Waals surface area (Å²) in [6.07, 6.45) is 0. The van der Waals surface area contributed by atoms with E-state index in [4.69, 9.17) is 15.3 Å². The fraction of sp³-hybridized carbons (Fsp3) is 0. The molecule has 0 saturated heterocycles.